The van der Waals surface area contributed by atoms with Crippen LogP contribution in [-0.2, 0) is 4.79 Å². The van der Waals surface area contributed by atoms with Crippen molar-refractivity contribution in [1.82, 2.24) is 10.3 Å². The SMILES string of the molecule is O=CC1CSC(c2cccnc2)N1. The molecule has 1 aliphatic rings. The maximum absolute atomic E-state index is 10.5. The highest BCUT2D eigenvalue weighted by Gasteiger charge is 2.24. The minimum Gasteiger partial charge on any atom is -0.302 e. The van der Waals surface area contributed by atoms with Gasteiger partial charge in [0, 0.05) is 18.1 Å². The van der Waals surface area contributed by atoms with Crippen molar-refractivity contribution in [2.75, 3.05) is 5.75 Å². The lowest BCUT2D eigenvalue weighted by Gasteiger charge is -2.09. The highest BCUT2D eigenvalue weighted by Crippen LogP contribution is 2.31. The van der Waals surface area contributed by atoms with Gasteiger partial charge in [0.25, 0.3) is 0 Å². The average Bonchev–Trinajstić information content (AvgIpc) is 2.67. The monoisotopic (exact) mass is 194 g/mol. The molecule has 0 saturated carbocycles. The Morgan fingerprint density at radius 2 is 2.62 bits per heavy atom. The molecule has 2 unspecified atom stereocenters. The van der Waals surface area contributed by atoms with Gasteiger partial charge in [0.05, 0.1) is 11.4 Å². The molecular formula is C9H10N2OS. The van der Waals surface area contributed by atoms with Gasteiger partial charge in [-0.1, -0.05) is 6.07 Å². The lowest BCUT2D eigenvalue weighted by atomic mass is 10.2. The molecule has 1 N–H and O–H groups in total. The van der Waals surface area contributed by atoms with Crippen molar-refractivity contribution in [3.63, 3.8) is 0 Å². The number of nitrogens with zero attached hydrogens (tertiary/aromatic N) is 1. The van der Waals surface area contributed by atoms with Gasteiger partial charge in [-0.25, -0.2) is 0 Å². The summed E-state index contributed by atoms with van der Waals surface area (Å²) in [5.74, 6) is 0.850. The second-order valence-corrected chi connectivity index (χ2v) is 4.05. The Kier molecular flexibility index (Phi) is 2.61. The summed E-state index contributed by atoms with van der Waals surface area (Å²) in [5.41, 5.74) is 1.14. The number of aldehydes is 1. The van der Waals surface area contributed by atoms with E-state index in [0.717, 1.165) is 17.6 Å². The number of hydrogen-bond acceptors (Lipinski definition) is 4. The molecule has 0 aliphatic carbocycles. The van der Waals surface area contributed by atoms with Crippen molar-refractivity contribution in [2.24, 2.45) is 0 Å². The summed E-state index contributed by atoms with van der Waals surface area (Å²) in [7, 11) is 0. The van der Waals surface area contributed by atoms with Gasteiger partial charge in [-0.2, -0.15) is 0 Å². The van der Waals surface area contributed by atoms with Crippen LogP contribution in [-0.4, -0.2) is 23.1 Å². The topological polar surface area (TPSA) is 42.0 Å². The van der Waals surface area contributed by atoms with Crippen LogP contribution in [0.25, 0.3) is 0 Å². The Balaban J connectivity index is 2.08. The number of pyridine rings is 1. The number of nitrogens with one attached hydrogen (secondary N) is 1. The summed E-state index contributed by atoms with van der Waals surface area (Å²) in [5, 5.41) is 3.44. The van der Waals surface area contributed by atoms with E-state index >= 15 is 0 Å². The number of rotatable bonds is 2. The first kappa shape index (κ1) is 8.72. The minimum absolute atomic E-state index is 0.00444. The van der Waals surface area contributed by atoms with Crippen LogP contribution in [0.1, 0.15) is 10.9 Å². The Morgan fingerprint density at radius 1 is 1.69 bits per heavy atom. The van der Waals surface area contributed by atoms with Crippen LogP contribution in [0, 0.1) is 0 Å². The minimum atomic E-state index is -0.00444. The van der Waals surface area contributed by atoms with Gasteiger partial charge < -0.3 is 4.79 Å². The van der Waals surface area contributed by atoms with Crippen LogP contribution in [0.3, 0.4) is 0 Å². The van der Waals surface area contributed by atoms with E-state index in [1.54, 1.807) is 18.0 Å². The van der Waals surface area contributed by atoms with Gasteiger partial charge in [0.2, 0.25) is 0 Å². The third-order valence-electron chi connectivity index (χ3n) is 1.96. The van der Waals surface area contributed by atoms with Crippen molar-refractivity contribution in [2.45, 2.75) is 11.4 Å². The fourth-order valence-corrected chi connectivity index (χ4v) is 2.47. The lowest BCUT2D eigenvalue weighted by molar-refractivity contribution is -0.109. The fourth-order valence-electron chi connectivity index (χ4n) is 1.29. The van der Waals surface area contributed by atoms with E-state index in [-0.39, 0.29) is 11.4 Å². The van der Waals surface area contributed by atoms with Gasteiger partial charge in [-0.15, -0.1) is 11.8 Å². The van der Waals surface area contributed by atoms with Crippen LogP contribution < -0.4 is 5.32 Å². The maximum Gasteiger partial charge on any atom is 0.137 e. The molecular weight excluding hydrogens is 184 g/mol. The smallest absolute Gasteiger partial charge is 0.137 e. The van der Waals surface area contributed by atoms with Gasteiger partial charge in [0.15, 0.2) is 0 Å². The standard InChI is InChI=1S/C9H10N2OS/c12-5-8-6-13-9(11-8)7-2-1-3-10-4-7/h1-5,8-9,11H,6H2. The van der Waals surface area contributed by atoms with E-state index < -0.39 is 0 Å². The summed E-state index contributed by atoms with van der Waals surface area (Å²) >= 11 is 1.75. The third kappa shape index (κ3) is 1.89. The van der Waals surface area contributed by atoms with Crippen LogP contribution >= 0.6 is 11.8 Å². The van der Waals surface area contributed by atoms with Crippen molar-refractivity contribution < 1.29 is 4.79 Å². The first-order chi connectivity index (χ1) is 6.40. The van der Waals surface area contributed by atoms with Gasteiger partial charge in [-0.3, -0.25) is 10.3 Å². The largest absolute Gasteiger partial charge is 0.302 e. The van der Waals surface area contributed by atoms with Gasteiger partial charge in [-0.05, 0) is 11.6 Å². The Morgan fingerprint density at radius 3 is 3.23 bits per heavy atom. The molecule has 0 aromatic carbocycles. The molecule has 0 spiro atoms. The highest BCUT2D eigenvalue weighted by molar-refractivity contribution is 7.99. The summed E-state index contributed by atoms with van der Waals surface area (Å²) in [6, 6.07) is 3.92. The summed E-state index contributed by atoms with van der Waals surface area (Å²) in [6.07, 6.45) is 4.54. The van der Waals surface area contributed by atoms with Crippen molar-refractivity contribution in [1.29, 1.82) is 0 Å². The summed E-state index contributed by atoms with van der Waals surface area (Å²) < 4.78 is 0. The third-order valence-corrected chi connectivity index (χ3v) is 3.25. The van der Waals surface area contributed by atoms with Crippen molar-refractivity contribution in [3.05, 3.63) is 30.1 Å². The second-order valence-electron chi connectivity index (χ2n) is 2.91. The van der Waals surface area contributed by atoms with Gasteiger partial charge in [0.1, 0.15) is 6.29 Å². The first-order valence-corrected chi connectivity index (χ1v) is 5.18. The van der Waals surface area contributed by atoms with E-state index in [9.17, 15) is 4.79 Å². The molecule has 1 fully saturated rings. The molecule has 4 heteroatoms. The zero-order chi connectivity index (χ0) is 9.10. The number of hydrogen-bond donors (Lipinski definition) is 1. The first-order valence-electron chi connectivity index (χ1n) is 4.13. The van der Waals surface area contributed by atoms with E-state index in [1.807, 2.05) is 18.3 Å². The van der Waals surface area contributed by atoms with Crippen LogP contribution in [0.2, 0.25) is 0 Å². The zero-order valence-corrected chi connectivity index (χ0v) is 7.83. The van der Waals surface area contributed by atoms with E-state index in [2.05, 4.69) is 10.3 Å². The molecule has 0 amide bonds. The summed E-state index contributed by atoms with van der Waals surface area (Å²) in [4.78, 5) is 14.5. The molecule has 68 valence electrons. The molecule has 1 saturated heterocycles. The Bertz CT molecular complexity index is 291. The molecule has 0 bridgehead atoms. The molecule has 1 aromatic heterocycles. The van der Waals surface area contributed by atoms with Crippen LogP contribution in [0.4, 0.5) is 0 Å². The normalized spacial score (nSPS) is 27.4. The number of carbonyl (C=O) groups excluding carboxylic acids is 1. The molecule has 2 rings (SSSR count). The predicted octanol–water partition coefficient (Wildman–Crippen LogP) is 0.984. The maximum atomic E-state index is 10.5. The number of carbonyl (C=O) groups is 1. The lowest BCUT2D eigenvalue weighted by Crippen LogP contribution is -2.26. The van der Waals surface area contributed by atoms with Crippen LogP contribution in [0.5, 0.6) is 0 Å². The van der Waals surface area contributed by atoms with Gasteiger partial charge >= 0.3 is 0 Å². The Hall–Kier alpha value is -0.870. The second kappa shape index (κ2) is 3.89. The van der Waals surface area contributed by atoms with E-state index in [1.165, 1.54) is 0 Å². The molecule has 2 atom stereocenters. The fraction of sp³-hybridized carbons (Fsp3) is 0.333. The summed E-state index contributed by atoms with van der Waals surface area (Å²) in [6.45, 7) is 0. The van der Waals surface area contributed by atoms with Crippen molar-refractivity contribution in [3.8, 4) is 0 Å². The van der Waals surface area contributed by atoms with E-state index in [4.69, 9.17) is 0 Å². The van der Waals surface area contributed by atoms with E-state index in [0.29, 0.717) is 0 Å². The highest BCUT2D eigenvalue weighted by atomic mass is 32.2. The average molecular weight is 194 g/mol. The number of thioether (sulfide) groups is 1. The molecule has 3 nitrogen and oxygen atoms in total. The molecule has 1 aliphatic heterocycles. The predicted molar refractivity (Wildman–Crippen MR) is 52.4 cm³/mol. The number of aromatic nitrogens is 1. The molecule has 0 radical (unpaired) electrons. The Labute approximate surface area is 80.9 Å². The van der Waals surface area contributed by atoms with Crippen molar-refractivity contribution >= 4 is 18.0 Å². The quantitative estimate of drug-likeness (QED) is 0.713. The molecule has 13 heavy (non-hydrogen) atoms. The molecule has 1 aromatic rings. The molecule has 2 heterocycles. The zero-order valence-electron chi connectivity index (χ0n) is 7.01. The van der Waals surface area contributed by atoms with Crippen LogP contribution in [0.15, 0.2) is 24.5 Å².